The van der Waals surface area contributed by atoms with Gasteiger partial charge in [0, 0.05) is 80.2 Å². The van der Waals surface area contributed by atoms with E-state index in [1.54, 1.807) is 28.2 Å². The number of nitrogens with zero attached hydrogens (tertiary/aromatic N) is 7. The van der Waals surface area contributed by atoms with E-state index in [2.05, 4.69) is 78.3 Å². The Labute approximate surface area is 346 Å². The maximum absolute atomic E-state index is 12.7. The minimum atomic E-state index is -0.341. The quantitative estimate of drug-likeness (QED) is 0.118. The summed E-state index contributed by atoms with van der Waals surface area (Å²) in [5.74, 6) is 1.43. The van der Waals surface area contributed by atoms with Crippen LogP contribution in [0.15, 0.2) is 91.4 Å². The molecule has 0 unspecified atom stereocenters. The molecule has 0 bridgehead atoms. The number of carbonyl (C=O) groups excluding carboxylic acids is 3. The first kappa shape index (κ1) is 39.7. The summed E-state index contributed by atoms with van der Waals surface area (Å²) < 4.78 is 1.78. The zero-order valence-corrected chi connectivity index (χ0v) is 34.2. The van der Waals surface area contributed by atoms with Gasteiger partial charge in [-0.25, -0.2) is 14.8 Å². The largest absolute Gasteiger partial charge is 0.371 e. The molecule has 3 aromatic carbocycles. The molecule has 3 aliphatic rings. The third kappa shape index (κ3) is 9.63. The molecule has 3 aliphatic heterocycles. The van der Waals surface area contributed by atoms with Crippen LogP contribution in [0.3, 0.4) is 0 Å². The number of rotatable bonds is 12. The second kappa shape index (κ2) is 17.8. The van der Waals surface area contributed by atoms with Crippen LogP contribution in [-0.2, 0) is 11.3 Å². The smallest absolute Gasteiger partial charge is 0.328 e. The van der Waals surface area contributed by atoms with E-state index in [0.717, 1.165) is 97.9 Å². The van der Waals surface area contributed by atoms with Crippen molar-refractivity contribution < 1.29 is 14.4 Å². The minimum Gasteiger partial charge on any atom is -0.371 e. The summed E-state index contributed by atoms with van der Waals surface area (Å²) in [5.41, 5.74) is 8.79. The molecule has 3 saturated heterocycles. The molecule has 0 aliphatic carbocycles. The van der Waals surface area contributed by atoms with E-state index >= 15 is 0 Å². The van der Waals surface area contributed by atoms with E-state index in [4.69, 9.17) is 4.98 Å². The Balaban J connectivity index is 0.781. The number of likely N-dealkylation sites (tertiary alicyclic amines) is 1. The number of aromatic nitrogens is 4. The van der Waals surface area contributed by atoms with Crippen LogP contribution in [0.25, 0.3) is 11.3 Å². The molecule has 3 N–H and O–H groups in total. The Kier molecular flexibility index (Phi) is 12.0. The van der Waals surface area contributed by atoms with Crippen LogP contribution >= 0.6 is 0 Å². The molecule has 13 heteroatoms. The summed E-state index contributed by atoms with van der Waals surface area (Å²) in [6.45, 7) is 12.4. The second-order valence-corrected chi connectivity index (χ2v) is 16.4. The van der Waals surface area contributed by atoms with Crippen molar-refractivity contribution in [3.8, 4) is 11.3 Å². The lowest BCUT2D eigenvalue weighted by molar-refractivity contribution is -0.120. The Bertz CT molecular complexity index is 2270. The number of benzene rings is 3. The molecule has 0 atom stereocenters. The lowest BCUT2D eigenvalue weighted by atomic mass is 9.88. The van der Waals surface area contributed by atoms with Crippen LogP contribution in [-0.4, -0.2) is 81.8 Å². The van der Waals surface area contributed by atoms with E-state index in [-0.39, 0.29) is 23.9 Å². The molecule has 0 spiro atoms. The number of amides is 4. The first-order valence-electron chi connectivity index (χ1n) is 21.0. The van der Waals surface area contributed by atoms with Crippen LogP contribution in [0.4, 0.5) is 27.8 Å². The van der Waals surface area contributed by atoms with Crippen LogP contribution in [0, 0.1) is 12.8 Å². The molecule has 0 saturated carbocycles. The molecule has 2 aromatic heterocycles. The van der Waals surface area contributed by atoms with Gasteiger partial charge >= 0.3 is 6.03 Å². The second-order valence-electron chi connectivity index (χ2n) is 16.4. The highest BCUT2D eigenvalue weighted by Crippen LogP contribution is 2.32. The first-order chi connectivity index (χ1) is 28.6. The summed E-state index contributed by atoms with van der Waals surface area (Å²) >= 11 is 0. The maximum atomic E-state index is 12.7. The lowest BCUT2D eigenvalue weighted by Crippen LogP contribution is -2.49. The van der Waals surface area contributed by atoms with Gasteiger partial charge < -0.3 is 20.4 Å². The molecule has 13 nitrogen and oxygen atoms in total. The topological polar surface area (TPSA) is 141 Å². The predicted molar refractivity (Wildman–Crippen MR) is 231 cm³/mol. The van der Waals surface area contributed by atoms with Crippen molar-refractivity contribution in [3.63, 3.8) is 0 Å². The van der Waals surface area contributed by atoms with Crippen LogP contribution in [0.2, 0.25) is 0 Å². The van der Waals surface area contributed by atoms with E-state index in [1.165, 1.54) is 5.56 Å². The number of hydrogen-bond donors (Lipinski definition) is 3. The zero-order chi connectivity index (χ0) is 40.9. The fraction of sp³-hybridized carbons (Fsp3) is 0.391. The lowest BCUT2D eigenvalue weighted by Gasteiger charge is -2.38. The molecule has 5 heterocycles. The van der Waals surface area contributed by atoms with Gasteiger partial charge in [-0.2, -0.15) is 5.10 Å². The normalized spacial score (nSPS) is 17.0. The van der Waals surface area contributed by atoms with Gasteiger partial charge in [0.2, 0.25) is 11.9 Å². The van der Waals surface area contributed by atoms with E-state index < -0.39 is 0 Å². The summed E-state index contributed by atoms with van der Waals surface area (Å²) in [6.07, 6.45) is 10.1. The highest BCUT2D eigenvalue weighted by Gasteiger charge is 2.28. The van der Waals surface area contributed by atoms with Crippen molar-refractivity contribution in [3.05, 3.63) is 114 Å². The fourth-order valence-corrected chi connectivity index (χ4v) is 8.47. The van der Waals surface area contributed by atoms with Gasteiger partial charge in [0.05, 0.1) is 17.5 Å². The van der Waals surface area contributed by atoms with Crippen LogP contribution in [0.5, 0.6) is 0 Å². The van der Waals surface area contributed by atoms with Gasteiger partial charge in [-0.3, -0.25) is 24.5 Å². The predicted octanol–water partition coefficient (Wildman–Crippen LogP) is 7.45. The maximum Gasteiger partial charge on any atom is 0.328 e. The fourth-order valence-electron chi connectivity index (χ4n) is 8.47. The molecule has 3 fully saturated rings. The number of hydrogen-bond acceptors (Lipinski definition) is 9. The van der Waals surface area contributed by atoms with Crippen molar-refractivity contribution in [1.29, 1.82) is 0 Å². The average molecular weight is 795 g/mol. The third-order valence-corrected chi connectivity index (χ3v) is 12.0. The number of anilines is 4. The highest BCUT2D eigenvalue weighted by molar-refractivity contribution is 6.05. The SMILES string of the molecule is Cc1cc(-c2ccnc(Nc3ccc(C4CCN(CC5CCN(c6cccc(N7CCC(=O)NC7=O)c6)CC5)CC4)cc3)n2)ccc1CNC(=O)c1cnn(C(C)C)c1. The number of aryl methyl sites for hydroxylation is 1. The molecular weight excluding hydrogens is 741 g/mol. The zero-order valence-electron chi connectivity index (χ0n) is 34.2. The van der Waals surface area contributed by atoms with Crippen molar-refractivity contribution >= 4 is 40.9 Å². The number of urea groups is 1. The minimum absolute atomic E-state index is 0.140. The molecule has 59 heavy (non-hydrogen) atoms. The third-order valence-electron chi connectivity index (χ3n) is 12.0. The Morgan fingerprint density at radius 1 is 0.898 bits per heavy atom. The van der Waals surface area contributed by atoms with Gasteiger partial charge in [0.1, 0.15) is 0 Å². The first-order valence-corrected chi connectivity index (χ1v) is 21.0. The van der Waals surface area contributed by atoms with Crippen LogP contribution < -0.4 is 25.8 Å². The Morgan fingerprint density at radius 3 is 2.41 bits per heavy atom. The molecular formula is C46H54N10O3. The van der Waals surface area contributed by atoms with Crippen molar-refractivity contribution in [2.75, 3.05) is 54.4 Å². The summed E-state index contributed by atoms with van der Waals surface area (Å²) in [5, 5.41) is 13.1. The number of nitrogens with one attached hydrogen (secondary N) is 3. The van der Waals surface area contributed by atoms with Crippen molar-refractivity contribution in [2.24, 2.45) is 5.92 Å². The van der Waals surface area contributed by atoms with Crippen molar-refractivity contribution in [1.82, 2.24) is 35.3 Å². The van der Waals surface area contributed by atoms with Gasteiger partial charge in [-0.05, 0) is 131 Å². The van der Waals surface area contributed by atoms with Gasteiger partial charge in [-0.15, -0.1) is 0 Å². The molecule has 5 aromatic rings. The molecule has 4 amide bonds. The Hall–Kier alpha value is -6.08. The molecule has 0 radical (unpaired) electrons. The van der Waals surface area contributed by atoms with E-state index in [9.17, 15) is 14.4 Å². The molecule has 8 rings (SSSR count). The van der Waals surface area contributed by atoms with Gasteiger partial charge in [0.15, 0.2) is 0 Å². The van der Waals surface area contributed by atoms with E-state index in [0.29, 0.717) is 42.9 Å². The molecule has 306 valence electrons. The summed E-state index contributed by atoms with van der Waals surface area (Å²) in [7, 11) is 0. The number of imide groups is 1. The summed E-state index contributed by atoms with van der Waals surface area (Å²) in [4.78, 5) is 52.7. The summed E-state index contributed by atoms with van der Waals surface area (Å²) in [6, 6.07) is 24.8. The highest BCUT2D eigenvalue weighted by atomic mass is 16.2. The van der Waals surface area contributed by atoms with E-state index in [1.807, 2.05) is 51.1 Å². The average Bonchev–Trinajstić information content (AvgIpc) is 3.76. The standard InChI is InChI=1S/C46H54N10O3/c1-31(2)56-30-38(28-49-56)44(58)48-27-37-8-7-36(25-32(37)3)42-13-19-47-45(51-42)50-39-11-9-34(10-12-39)35-16-20-53(21-17-35)29-33-14-22-54(23-15-33)40-5-4-6-41(26-40)55-24-18-43(57)52-46(55)59/h4-13,19,25-26,28,30-31,33,35H,14-18,20-24,27,29H2,1-3H3,(H,48,58)(H,47,50,51)(H,52,57,59). The number of carbonyl (C=O) groups is 3. The van der Waals surface area contributed by atoms with Crippen LogP contribution in [0.1, 0.15) is 85.0 Å². The van der Waals surface area contributed by atoms with Crippen molar-refractivity contribution in [2.45, 2.75) is 71.4 Å². The monoisotopic (exact) mass is 794 g/mol. The van der Waals surface area contributed by atoms with Gasteiger partial charge in [-0.1, -0.05) is 30.3 Å². The van der Waals surface area contributed by atoms with Gasteiger partial charge in [0.25, 0.3) is 5.91 Å². The Morgan fingerprint density at radius 2 is 1.68 bits per heavy atom. The number of piperidine rings is 2.